The topological polar surface area (TPSA) is 21.3 Å². The molecule has 1 saturated heterocycles. The molecule has 1 heterocycles. The largest absolute Gasteiger partial charge is 0.490 e. The average molecular weight is 324 g/mol. The summed E-state index contributed by atoms with van der Waals surface area (Å²) in [5.74, 6) is 1.05. The van der Waals surface area contributed by atoms with Crippen molar-refractivity contribution in [1.29, 1.82) is 0 Å². The highest BCUT2D eigenvalue weighted by Crippen LogP contribution is 2.46. The third kappa shape index (κ3) is 2.82. The molecule has 0 unspecified atom stereocenters. The summed E-state index contributed by atoms with van der Waals surface area (Å²) in [6.45, 7) is 4.49. The number of ether oxygens (including phenoxy) is 1. The average Bonchev–Trinajstić information content (AvgIpc) is 2.79. The summed E-state index contributed by atoms with van der Waals surface area (Å²) in [4.78, 5) is 0. The molecule has 0 amide bonds. The van der Waals surface area contributed by atoms with Gasteiger partial charge in [-0.15, -0.1) is 0 Å². The number of benzene rings is 1. The summed E-state index contributed by atoms with van der Waals surface area (Å²) in [6, 6.07) is 6.22. The minimum atomic E-state index is 0.408. The van der Waals surface area contributed by atoms with E-state index in [2.05, 4.69) is 46.4 Å². The summed E-state index contributed by atoms with van der Waals surface area (Å²) < 4.78 is 7.40. The number of nitrogens with one attached hydrogen (secondary N) is 1. The molecule has 0 bridgehead atoms. The maximum Gasteiger partial charge on any atom is 0.123 e. The van der Waals surface area contributed by atoms with E-state index >= 15 is 0 Å². The Morgan fingerprint density at radius 1 is 1.26 bits per heavy atom. The van der Waals surface area contributed by atoms with Crippen molar-refractivity contribution < 1.29 is 4.74 Å². The van der Waals surface area contributed by atoms with Gasteiger partial charge in [0.25, 0.3) is 0 Å². The number of halogens is 1. The zero-order valence-electron chi connectivity index (χ0n) is 11.5. The Morgan fingerprint density at radius 2 is 2.05 bits per heavy atom. The molecule has 2 nitrogen and oxygen atoms in total. The van der Waals surface area contributed by atoms with Gasteiger partial charge in [-0.1, -0.05) is 22.0 Å². The molecule has 2 fully saturated rings. The Labute approximate surface area is 124 Å². The van der Waals surface area contributed by atoms with Gasteiger partial charge in [0.15, 0.2) is 0 Å². The number of rotatable bonds is 2. The van der Waals surface area contributed by atoms with Gasteiger partial charge in [0, 0.05) is 10.0 Å². The Balaban J connectivity index is 1.67. The molecule has 1 aromatic carbocycles. The minimum Gasteiger partial charge on any atom is -0.490 e. The van der Waals surface area contributed by atoms with E-state index in [0.29, 0.717) is 11.5 Å². The van der Waals surface area contributed by atoms with Crippen LogP contribution < -0.4 is 10.1 Å². The third-order valence-electron chi connectivity index (χ3n) is 4.83. The second kappa shape index (κ2) is 5.45. The zero-order valence-corrected chi connectivity index (χ0v) is 13.1. The standard InChI is InChI=1S/C16H22BrNO/c1-12-14(17)3-2-4-15(12)19-13-5-6-16(11-13)7-9-18-10-8-16/h2-4,13,18H,5-11H2,1H3/t13-/m1/s1. The molecule has 19 heavy (non-hydrogen) atoms. The van der Waals surface area contributed by atoms with Crippen LogP contribution in [0.2, 0.25) is 0 Å². The molecular formula is C16H22BrNO. The van der Waals surface area contributed by atoms with E-state index in [4.69, 9.17) is 4.74 Å². The fourth-order valence-corrected chi connectivity index (χ4v) is 3.91. The molecule has 0 aromatic heterocycles. The van der Waals surface area contributed by atoms with Crippen LogP contribution in [0.25, 0.3) is 0 Å². The number of hydrogen-bond acceptors (Lipinski definition) is 2. The quantitative estimate of drug-likeness (QED) is 0.886. The normalized spacial score (nSPS) is 25.7. The number of hydrogen-bond donors (Lipinski definition) is 1. The molecule has 1 spiro atoms. The smallest absolute Gasteiger partial charge is 0.123 e. The van der Waals surface area contributed by atoms with E-state index in [-0.39, 0.29) is 0 Å². The first-order chi connectivity index (χ1) is 9.19. The summed E-state index contributed by atoms with van der Waals surface area (Å²) in [5.41, 5.74) is 1.78. The summed E-state index contributed by atoms with van der Waals surface area (Å²) in [6.07, 6.45) is 6.85. The van der Waals surface area contributed by atoms with Gasteiger partial charge in [0.05, 0.1) is 6.10 Å². The first-order valence-corrected chi connectivity index (χ1v) is 8.10. The van der Waals surface area contributed by atoms with Gasteiger partial charge in [-0.2, -0.15) is 0 Å². The maximum absolute atomic E-state index is 6.26. The lowest BCUT2D eigenvalue weighted by Crippen LogP contribution is -2.35. The SMILES string of the molecule is Cc1c(Br)cccc1O[C@@H]1CCC2(CCNCC2)C1. The lowest BCUT2D eigenvalue weighted by atomic mass is 9.77. The van der Waals surface area contributed by atoms with E-state index in [9.17, 15) is 0 Å². The Kier molecular flexibility index (Phi) is 3.86. The molecule has 1 saturated carbocycles. The Bertz CT molecular complexity index is 454. The molecule has 3 rings (SSSR count). The second-order valence-electron chi connectivity index (χ2n) is 6.10. The Morgan fingerprint density at radius 3 is 2.84 bits per heavy atom. The van der Waals surface area contributed by atoms with Gasteiger partial charge in [-0.25, -0.2) is 0 Å². The van der Waals surface area contributed by atoms with E-state index < -0.39 is 0 Å². The van der Waals surface area contributed by atoms with Crippen LogP contribution in [0.15, 0.2) is 22.7 Å². The molecule has 1 aliphatic carbocycles. The molecule has 0 radical (unpaired) electrons. The van der Waals surface area contributed by atoms with Crippen LogP contribution >= 0.6 is 15.9 Å². The van der Waals surface area contributed by atoms with Gasteiger partial charge < -0.3 is 10.1 Å². The van der Waals surface area contributed by atoms with Gasteiger partial charge in [-0.3, -0.25) is 0 Å². The van der Waals surface area contributed by atoms with Crippen molar-refractivity contribution in [2.45, 2.75) is 45.1 Å². The second-order valence-corrected chi connectivity index (χ2v) is 6.95. The monoisotopic (exact) mass is 323 g/mol. The molecule has 1 N–H and O–H groups in total. The lowest BCUT2D eigenvalue weighted by Gasteiger charge is -2.33. The predicted molar refractivity (Wildman–Crippen MR) is 81.7 cm³/mol. The van der Waals surface area contributed by atoms with Crippen molar-refractivity contribution in [2.24, 2.45) is 5.41 Å². The minimum absolute atomic E-state index is 0.408. The van der Waals surface area contributed by atoms with Crippen LogP contribution in [0.1, 0.15) is 37.7 Å². The fraction of sp³-hybridized carbons (Fsp3) is 0.625. The molecule has 3 heteroatoms. The van der Waals surface area contributed by atoms with Gasteiger partial charge in [-0.05, 0) is 69.7 Å². The van der Waals surface area contributed by atoms with Crippen LogP contribution in [0, 0.1) is 12.3 Å². The number of piperidine rings is 1. The van der Waals surface area contributed by atoms with Crippen molar-refractivity contribution >= 4 is 15.9 Å². The molecule has 1 aliphatic heterocycles. The van der Waals surface area contributed by atoms with Gasteiger partial charge in [0.1, 0.15) is 5.75 Å². The van der Waals surface area contributed by atoms with Crippen LogP contribution in [0.3, 0.4) is 0 Å². The zero-order chi connectivity index (χ0) is 13.3. The van der Waals surface area contributed by atoms with Gasteiger partial charge in [0.2, 0.25) is 0 Å². The summed E-state index contributed by atoms with van der Waals surface area (Å²) in [5, 5.41) is 3.47. The third-order valence-corrected chi connectivity index (χ3v) is 5.69. The van der Waals surface area contributed by atoms with Gasteiger partial charge >= 0.3 is 0 Å². The van der Waals surface area contributed by atoms with Crippen molar-refractivity contribution in [3.05, 3.63) is 28.2 Å². The van der Waals surface area contributed by atoms with Crippen LogP contribution in [0.5, 0.6) is 5.75 Å². The first kappa shape index (κ1) is 13.4. The molecule has 1 atom stereocenters. The van der Waals surface area contributed by atoms with Crippen molar-refractivity contribution in [1.82, 2.24) is 5.32 Å². The summed E-state index contributed by atoms with van der Waals surface area (Å²) >= 11 is 3.58. The van der Waals surface area contributed by atoms with Crippen LogP contribution in [0.4, 0.5) is 0 Å². The molecule has 2 aliphatic rings. The van der Waals surface area contributed by atoms with Crippen molar-refractivity contribution in [2.75, 3.05) is 13.1 Å². The lowest BCUT2D eigenvalue weighted by molar-refractivity contribution is 0.155. The fourth-order valence-electron chi connectivity index (χ4n) is 3.56. The van der Waals surface area contributed by atoms with E-state index in [1.54, 1.807) is 0 Å². The highest BCUT2D eigenvalue weighted by Gasteiger charge is 2.40. The Hall–Kier alpha value is -0.540. The molecular weight excluding hydrogens is 302 g/mol. The van der Waals surface area contributed by atoms with Crippen molar-refractivity contribution in [3.8, 4) is 5.75 Å². The highest BCUT2D eigenvalue weighted by atomic mass is 79.9. The highest BCUT2D eigenvalue weighted by molar-refractivity contribution is 9.10. The first-order valence-electron chi connectivity index (χ1n) is 7.31. The molecule has 104 valence electrons. The predicted octanol–water partition coefficient (Wildman–Crippen LogP) is 4.06. The van der Waals surface area contributed by atoms with E-state index in [0.717, 1.165) is 10.2 Å². The van der Waals surface area contributed by atoms with Crippen LogP contribution in [-0.4, -0.2) is 19.2 Å². The molecule has 1 aromatic rings. The van der Waals surface area contributed by atoms with Crippen LogP contribution in [-0.2, 0) is 0 Å². The maximum atomic E-state index is 6.26. The van der Waals surface area contributed by atoms with E-state index in [1.165, 1.54) is 50.8 Å². The van der Waals surface area contributed by atoms with E-state index in [1.807, 2.05) is 0 Å². The van der Waals surface area contributed by atoms with Crippen molar-refractivity contribution in [3.63, 3.8) is 0 Å². The summed E-state index contributed by atoms with van der Waals surface area (Å²) in [7, 11) is 0.